The van der Waals surface area contributed by atoms with Crippen molar-refractivity contribution < 1.29 is 33.4 Å². The van der Waals surface area contributed by atoms with Crippen LogP contribution in [-0.4, -0.2) is 43.3 Å². The highest BCUT2D eigenvalue weighted by atomic mass is 127. The molecule has 0 atom stereocenters. The molecule has 1 aromatic carbocycles. The topological polar surface area (TPSA) is 116 Å². The summed E-state index contributed by atoms with van der Waals surface area (Å²) in [6.07, 6.45) is -0.299. The monoisotopic (exact) mass is 521 g/mol. The van der Waals surface area contributed by atoms with E-state index in [-0.39, 0.29) is 48.6 Å². The lowest BCUT2D eigenvalue weighted by Crippen LogP contribution is -2.81. The van der Waals surface area contributed by atoms with E-state index in [1.54, 1.807) is 24.3 Å². The Labute approximate surface area is 177 Å². The van der Waals surface area contributed by atoms with Crippen molar-refractivity contribution in [2.24, 2.45) is 0 Å². The maximum absolute atomic E-state index is 13.3. The molecule has 0 fully saturated rings. The molecule has 0 bridgehead atoms. The van der Waals surface area contributed by atoms with Crippen LogP contribution in [0.3, 0.4) is 0 Å². The molecule has 0 saturated carbocycles. The number of anilines is 1. The van der Waals surface area contributed by atoms with Crippen molar-refractivity contribution >= 4 is 35.4 Å². The zero-order chi connectivity index (χ0) is 20.4. The van der Waals surface area contributed by atoms with Gasteiger partial charge in [-0.3, -0.25) is 4.90 Å². The summed E-state index contributed by atoms with van der Waals surface area (Å²) in [6, 6.07) is 4.93. The van der Waals surface area contributed by atoms with Gasteiger partial charge in [-0.15, -0.1) is 24.0 Å². The molecular formula is C16H23F3IN3O5. The van der Waals surface area contributed by atoms with E-state index in [0.717, 1.165) is 31.5 Å². The largest absolute Gasteiger partial charge is 0.495 e. The second kappa shape index (κ2) is 12.6. The SMILES string of the molecule is COc1cccc2c1N(C(F)(F)F)CC=C2[NH2+]CCCCCO.I.O=[N+]([O-])[O-]. The third-order valence-electron chi connectivity index (χ3n) is 3.83. The first-order valence-corrected chi connectivity index (χ1v) is 8.19. The van der Waals surface area contributed by atoms with Crippen LogP contribution in [0.4, 0.5) is 18.9 Å². The Balaban J connectivity index is 0.00000133. The minimum atomic E-state index is -4.45. The van der Waals surface area contributed by atoms with Crippen molar-refractivity contribution in [3.8, 4) is 5.75 Å². The van der Waals surface area contributed by atoms with Crippen molar-refractivity contribution in [3.05, 3.63) is 45.2 Å². The van der Waals surface area contributed by atoms with Gasteiger partial charge in [0.15, 0.2) is 0 Å². The molecule has 160 valence electrons. The summed E-state index contributed by atoms with van der Waals surface area (Å²) in [5.41, 5.74) is 1.42. The molecule has 2 rings (SSSR count). The number of halogens is 4. The number of para-hydroxylation sites is 1. The van der Waals surface area contributed by atoms with Gasteiger partial charge in [-0.1, -0.05) is 6.07 Å². The first kappa shape index (κ1) is 26.2. The molecule has 28 heavy (non-hydrogen) atoms. The molecule has 12 heteroatoms. The Bertz CT molecular complexity index is 655. The number of hydrogen-bond acceptors (Lipinski definition) is 6. The smallest absolute Gasteiger partial charge is 0.485 e. The van der Waals surface area contributed by atoms with E-state index in [4.69, 9.17) is 25.2 Å². The van der Waals surface area contributed by atoms with Crippen molar-refractivity contribution in [1.29, 1.82) is 0 Å². The van der Waals surface area contributed by atoms with E-state index < -0.39 is 11.4 Å². The van der Waals surface area contributed by atoms with Crippen LogP contribution in [0.1, 0.15) is 24.8 Å². The molecule has 0 aromatic heterocycles. The lowest BCUT2D eigenvalue weighted by atomic mass is 10.0. The maximum Gasteiger partial charge on any atom is 0.485 e. The third-order valence-corrected chi connectivity index (χ3v) is 3.83. The lowest BCUT2D eigenvalue weighted by molar-refractivity contribution is -0.563. The first-order chi connectivity index (χ1) is 12.7. The number of aliphatic hydroxyl groups is 1. The summed E-state index contributed by atoms with van der Waals surface area (Å²) in [5, 5.41) is 25.5. The Morgan fingerprint density at radius 3 is 2.46 bits per heavy atom. The molecule has 8 nitrogen and oxygen atoms in total. The maximum atomic E-state index is 13.3. The van der Waals surface area contributed by atoms with Crippen molar-refractivity contribution in [2.75, 3.05) is 31.7 Å². The highest BCUT2D eigenvalue weighted by molar-refractivity contribution is 14.0. The number of ether oxygens (including phenoxy) is 1. The van der Waals surface area contributed by atoms with Gasteiger partial charge in [-0.25, -0.2) is 0 Å². The molecule has 1 heterocycles. The Morgan fingerprint density at radius 2 is 1.93 bits per heavy atom. The number of hydrogen-bond donors (Lipinski definition) is 2. The molecule has 0 spiro atoms. The summed E-state index contributed by atoms with van der Waals surface area (Å²) < 4.78 is 44.9. The van der Waals surface area contributed by atoms with Gasteiger partial charge in [0.25, 0.3) is 0 Å². The van der Waals surface area contributed by atoms with Crippen LogP contribution < -0.4 is 15.0 Å². The standard InChI is InChI=1S/C16H21F3N2O2.HI.NO3/c1-23-14-7-5-6-12-13(20-9-3-2-4-11-22)8-10-21(15(12)14)16(17,18)19;;2-1(3)4/h5-8,20,22H,2-4,9-11H2,1H3;1H;/q;;-1/p+1. The number of unbranched alkanes of at least 4 members (excludes halogenated alkanes) is 2. The quantitative estimate of drug-likeness (QED) is 0.187. The molecule has 0 unspecified atom stereocenters. The van der Waals surface area contributed by atoms with Crippen LogP contribution >= 0.6 is 24.0 Å². The predicted molar refractivity (Wildman–Crippen MR) is 108 cm³/mol. The van der Waals surface area contributed by atoms with Crippen LogP contribution in [0.25, 0.3) is 5.70 Å². The van der Waals surface area contributed by atoms with Gasteiger partial charge in [0.05, 0.1) is 36.5 Å². The molecule has 0 radical (unpaired) electrons. The fourth-order valence-corrected chi connectivity index (χ4v) is 2.70. The average Bonchev–Trinajstić information content (AvgIpc) is 2.59. The van der Waals surface area contributed by atoms with Crippen molar-refractivity contribution in [3.63, 3.8) is 0 Å². The zero-order valence-electron chi connectivity index (χ0n) is 15.1. The molecule has 1 aromatic rings. The Morgan fingerprint density at radius 1 is 1.29 bits per heavy atom. The number of fused-ring (bicyclic) bond motifs is 1. The molecular weight excluding hydrogens is 498 g/mol. The van der Waals surface area contributed by atoms with Crippen LogP contribution in [0.5, 0.6) is 5.75 Å². The predicted octanol–water partition coefficient (Wildman–Crippen LogP) is 2.48. The molecule has 3 N–H and O–H groups in total. The van der Waals surface area contributed by atoms with Crippen LogP contribution in [0, 0.1) is 15.3 Å². The van der Waals surface area contributed by atoms with E-state index in [2.05, 4.69) is 0 Å². The summed E-state index contributed by atoms with van der Waals surface area (Å²) in [6.45, 7) is 0.719. The fourth-order valence-electron chi connectivity index (χ4n) is 2.70. The minimum absolute atomic E-state index is 0. The van der Waals surface area contributed by atoms with Gasteiger partial charge in [0.1, 0.15) is 11.4 Å². The van der Waals surface area contributed by atoms with Gasteiger partial charge < -0.3 is 30.5 Å². The second-order valence-electron chi connectivity index (χ2n) is 5.60. The summed E-state index contributed by atoms with van der Waals surface area (Å²) in [5.74, 6) is 0.221. The van der Waals surface area contributed by atoms with E-state index in [1.165, 1.54) is 7.11 Å². The summed E-state index contributed by atoms with van der Waals surface area (Å²) in [7, 11) is 1.38. The van der Waals surface area contributed by atoms with Gasteiger partial charge in [0, 0.05) is 6.61 Å². The van der Waals surface area contributed by atoms with Gasteiger partial charge in [-0.05, 0) is 37.5 Å². The van der Waals surface area contributed by atoms with Crippen molar-refractivity contribution in [1.82, 2.24) is 0 Å². The molecule has 0 saturated heterocycles. The third kappa shape index (κ3) is 8.06. The summed E-state index contributed by atoms with van der Waals surface area (Å²) >= 11 is 0. The van der Waals surface area contributed by atoms with E-state index in [9.17, 15) is 13.2 Å². The normalized spacial score (nSPS) is 12.8. The van der Waals surface area contributed by atoms with Crippen LogP contribution in [-0.2, 0) is 0 Å². The number of rotatable bonds is 7. The highest BCUT2D eigenvalue weighted by Crippen LogP contribution is 2.41. The van der Waals surface area contributed by atoms with E-state index in [0.29, 0.717) is 10.5 Å². The fraction of sp³-hybridized carbons (Fsp3) is 0.500. The number of benzene rings is 1. The molecule has 1 aliphatic rings. The lowest BCUT2D eigenvalue weighted by Gasteiger charge is -2.32. The average molecular weight is 521 g/mol. The Hall–Kier alpha value is -1.80. The van der Waals surface area contributed by atoms with E-state index in [1.807, 2.05) is 5.32 Å². The number of aliphatic hydroxyl groups excluding tert-OH is 1. The second-order valence-corrected chi connectivity index (χ2v) is 5.60. The van der Waals surface area contributed by atoms with Gasteiger partial charge in [0.2, 0.25) is 0 Å². The first-order valence-electron chi connectivity index (χ1n) is 8.19. The molecule has 1 aliphatic heterocycles. The van der Waals surface area contributed by atoms with Crippen molar-refractivity contribution in [2.45, 2.75) is 25.6 Å². The zero-order valence-corrected chi connectivity index (χ0v) is 17.5. The minimum Gasteiger partial charge on any atom is -0.495 e. The number of nitrogens with two attached hydrogens (primary N) is 1. The van der Waals surface area contributed by atoms with Crippen LogP contribution in [0.15, 0.2) is 24.3 Å². The van der Waals surface area contributed by atoms with Gasteiger partial charge in [-0.2, -0.15) is 13.2 Å². The van der Waals surface area contributed by atoms with E-state index >= 15 is 0 Å². The number of methoxy groups -OCH3 is 1. The Kier molecular flexibility index (Phi) is 11.8. The highest BCUT2D eigenvalue weighted by Gasteiger charge is 2.42. The van der Waals surface area contributed by atoms with Crippen LogP contribution in [0.2, 0.25) is 0 Å². The number of quaternary nitrogens is 1. The number of alkyl halides is 3. The molecule has 0 aliphatic carbocycles. The van der Waals surface area contributed by atoms with Gasteiger partial charge >= 0.3 is 6.30 Å². The number of nitrogens with zero attached hydrogens (tertiary/aromatic N) is 2. The molecule has 0 amide bonds. The summed E-state index contributed by atoms with van der Waals surface area (Å²) in [4.78, 5) is 8.66.